The van der Waals surface area contributed by atoms with Crippen molar-refractivity contribution < 1.29 is 23.6 Å². The smallest absolute Gasteiger partial charge is 0.235 e. The summed E-state index contributed by atoms with van der Waals surface area (Å²) in [6, 6.07) is 10.5. The fourth-order valence-electron chi connectivity index (χ4n) is 2.55. The quantitative estimate of drug-likeness (QED) is 0.492. The van der Waals surface area contributed by atoms with Crippen molar-refractivity contribution in [3.63, 3.8) is 0 Å². The highest BCUT2D eigenvalue weighted by molar-refractivity contribution is 8.00. The molecule has 3 aromatic rings. The summed E-state index contributed by atoms with van der Waals surface area (Å²) in [6.45, 7) is 2.05. The van der Waals surface area contributed by atoms with Gasteiger partial charge in [0.15, 0.2) is 17.3 Å². The minimum absolute atomic E-state index is 0.113. The van der Waals surface area contributed by atoms with E-state index in [0.717, 1.165) is 5.56 Å². The average molecular weight is 442 g/mol. The van der Waals surface area contributed by atoms with Crippen molar-refractivity contribution in [2.24, 2.45) is 0 Å². The molecule has 0 unspecified atom stereocenters. The molecule has 0 aliphatic rings. The standard InChI is InChI=1S/C21H22N4O5S/c1-14-8-19(25-30-14)24-21(27)13-31-12-20(26)23-16-5-6-17(28-2)18(9-16)29-11-15-4-3-7-22-10-15/h3-10H,11-13H2,1-2H3,(H,23,26)(H,24,25,27). The van der Waals surface area contributed by atoms with Crippen LogP contribution in [0.1, 0.15) is 11.3 Å². The summed E-state index contributed by atoms with van der Waals surface area (Å²) >= 11 is 1.19. The van der Waals surface area contributed by atoms with E-state index in [4.69, 9.17) is 14.0 Å². The lowest BCUT2D eigenvalue weighted by Crippen LogP contribution is -2.18. The molecule has 2 amide bonds. The van der Waals surface area contributed by atoms with E-state index in [1.54, 1.807) is 50.7 Å². The van der Waals surface area contributed by atoms with Gasteiger partial charge in [-0.1, -0.05) is 11.2 Å². The maximum absolute atomic E-state index is 12.2. The Balaban J connectivity index is 1.48. The zero-order valence-electron chi connectivity index (χ0n) is 17.1. The Bertz CT molecular complexity index is 1030. The molecule has 9 nitrogen and oxygen atoms in total. The third kappa shape index (κ3) is 7.03. The van der Waals surface area contributed by atoms with Gasteiger partial charge in [-0.15, -0.1) is 11.8 Å². The van der Waals surface area contributed by atoms with Gasteiger partial charge in [-0.3, -0.25) is 14.6 Å². The largest absolute Gasteiger partial charge is 0.493 e. The number of ether oxygens (including phenoxy) is 2. The molecule has 3 rings (SSSR count). The Kier molecular flexibility index (Phi) is 7.88. The van der Waals surface area contributed by atoms with Crippen molar-refractivity contribution in [3.05, 3.63) is 60.1 Å². The molecule has 2 N–H and O–H groups in total. The molecule has 31 heavy (non-hydrogen) atoms. The van der Waals surface area contributed by atoms with Gasteiger partial charge in [0.1, 0.15) is 12.4 Å². The molecule has 2 heterocycles. The summed E-state index contributed by atoms with van der Waals surface area (Å²) in [5.41, 5.74) is 1.48. The number of carbonyl (C=O) groups excluding carboxylic acids is 2. The van der Waals surface area contributed by atoms with Gasteiger partial charge in [-0.25, -0.2) is 0 Å². The number of aromatic nitrogens is 2. The van der Waals surface area contributed by atoms with Crippen molar-refractivity contribution in [1.29, 1.82) is 0 Å². The normalized spacial score (nSPS) is 10.4. The Hall–Kier alpha value is -3.53. The number of hydrogen-bond acceptors (Lipinski definition) is 8. The van der Waals surface area contributed by atoms with Crippen molar-refractivity contribution >= 4 is 35.1 Å². The van der Waals surface area contributed by atoms with Crippen LogP contribution in [0.4, 0.5) is 11.5 Å². The lowest BCUT2D eigenvalue weighted by molar-refractivity contribution is -0.114. The first kappa shape index (κ1) is 22.2. The van der Waals surface area contributed by atoms with Crippen LogP contribution in [0.15, 0.2) is 53.3 Å². The highest BCUT2D eigenvalue weighted by Gasteiger charge is 2.11. The van der Waals surface area contributed by atoms with Gasteiger partial charge in [-0.2, -0.15) is 0 Å². The molecule has 0 atom stereocenters. The minimum Gasteiger partial charge on any atom is -0.493 e. The second kappa shape index (κ2) is 11.0. The molecule has 0 bridgehead atoms. The van der Waals surface area contributed by atoms with Crippen molar-refractivity contribution in [2.45, 2.75) is 13.5 Å². The third-order valence-corrected chi connectivity index (χ3v) is 4.86. The summed E-state index contributed by atoms with van der Waals surface area (Å²) in [5.74, 6) is 1.73. The van der Waals surface area contributed by atoms with E-state index >= 15 is 0 Å². The van der Waals surface area contributed by atoms with Crippen molar-refractivity contribution in [2.75, 3.05) is 29.2 Å². The van der Waals surface area contributed by atoms with Crippen LogP contribution >= 0.6 is 11.8 Å². The highest BCUT2D eigenvalue weighted by Crippen LogP contribution is 2.31. The fraction of sp³-hybridized carbons (Fsp3) is 0.238. The first-order valence-electron chi connectivity index (χ1n) is 9.34. The van der Waals surface area contributed by atoms with Crippen LogP contribution in [0.2, 0.25) is 0 Å². The number of hydrogen-bond donors (Lipinski definition) is 2. The summed E-state index contributed by atoms with van der Waals surface area (Å²) < 4.78 is 16.0. The van der Waals surface area contributed by atoms with Gasteiger partial charge in [0.05, 0.1) is 18.6 Å². The van der Waals surface area contributed by atoms with Crippen LogP contribution in [0.25, 0.3) is 0 Å². The SMILES string of the molecule is COc1ccc(NC(=O)CSCC(=O)Nc2cc(C)on2)cc1OCc1cccnc1. The summed E-state index contributed by atoms with van der Waals surface area (Å²) in [5, 5.41) is 9.08. The zero-order chi connectivity index (χ0) is 22.1. The van der Waals surface area contributed by atoms with E-state index in [2.05, 4.69) is 20.8 Å². The lowest BCUT2D eigenvalue weighted by atomic mass is 10.2. The maximum Gasteiger partial charge on any atom is 0.235 e. The minimum atomic E-state index is -0.262. The zero-order valence-corrected chi connectivity index (χ0v) is 17.9. The van der Waals surface area contributed by atoms with Crippen LogP contribution in [0.5, 0.6) is 11.5 Å². The first-order valence-corrected chi connectivity index (χ1v) is 10.5. The van der Waals surface area contributed by atoms with Crippen LogP contribution in [-0.4, -0.2) is 40.6 Å². The predicted molar refractivity (Wildman–Crippen MR) is 117 cm³/mol. The molecular formula is C21H22N4O5S. The molecule has 1 aromatic carbocycles. The highest BCUT2D eigenvalue weighted by atomic mass is 32.2. The van der Waals surface area contributed by atoms with Crippen LogP contribution < -0.4 is 20.1 Å². The Morgan fingerprint density at radius 3 is 2.58 bits per heavy atom. The predicted octanol–water partition coefficient (Wildman–Crippen LogP) is 3.28. The molecule has 10 heteroatoms. The molecule has 0 aliphatic heterocycles. The molecule has 0 saturated heterocycles. The van der Waals surface area contributed by atoms with Crippen LogP contribution in [-0.2, 0) is 16.2 Å². The Morgan fingerprint density at radius 1 is 1.10 bits per heavy atom. The molecule has 0 radical (unpaired) electrons. The molecule has 162 valence electrons. The number of benzene rings is 1. The molecule has 0 fully saturated rings. The number of aryl methyl sites for hydroxylation is 1. The Morgan fingerprint density at radius 2 is 1.90 bits per heavy atom. The second-order valence-corrected chi connectivity index (χ2v) is 7.41. The number of thioether (sulfide) groups is 1. The van der Waals surface area contributed by atoms with Gasteiger partial charge < -0.3 is 24.6 Å². The van der Waals surface area contributed by atoms with E-state index in [1.165, 1.54) is 11.8 Å². The van der Waals surface area contributed by atoms with E-state index in [0.29, 0.717) is 35.4 Å². The van der Waals surface area contributed by atoms with Crippen LogP contribution in [0, 0.1) is 6.92 Å². The van der Waals surface area contributed by atoms with Gasteiger partial charge in [0.25, 0.3) is 0 Å². The average Bonchev–Trinajstić information content (AvgIpc) is 3.17. The summed E-state index contributed by atoms with van der Waals surface area (Å²) in [4.78, 5) is 28.2. The van der Waals surface area contributed by atoms with Gasteiger partial charge in [0, 0.05) is 35.8 Å². The maximum atomic E-state index is 12.2. The summed E-state index contributed by atoms with van der Waals surface area (Å²) in [7, 11) is 1.55. The van der Waals surface area contributed by atoms with Gasteiger partial charge >= 0.3 is 0 Å². The number of anilines is 2. The molecular weight excluding hydrogens is 420 g/mol. The molecule has 0 saturated carbocycles. The molecule has 2 aromatic heterocycles. The first-order chi connectivity index (χ1) is 15.0. The number of carbonyl (C=O) groups is 2. The number of pyridine rings is 1. The molecule has 0 aliphatic carbocycles. The Labute approximate surface area is 183 Å². The fourth-order valence-corrected chi connectivity index (χ4v) is 3.17. The van der Waals surface area contributed by atoms with Crippen molar-refractivity contribution in [3.8, 4) is 11.5 Å². The number of rotatable bonds is 10. The van der Waals surface area contributed by atoms with Gasteiger partial charge in [-0.05, 0) is 25.1 Å². The second-order valence-electron chi connectivity index (χ2n) is 6.43. The van der Waals surface area contributed by atoms with E-state index in [9.17, 15) is 9.59 Å². The monoisotopic (exact) mass is 442 g/mol. The number of nitrogens with one attached hydrogen (secondary N) is 2. The van der Waals surface area contributed by atoms with E-state index in [-0.39, 0.29) is 23.3 Å². The summed E-state index contributed by atoms with van der Waals surface area (Å²) in [6.07, 6.45) is 3.41. The topological polar surface area (TPSA) is 116 Å². The lowest BCUT2D eigenvalue weighted by Gasteiger charge is -2.13. The number of amides is 2. The van der Waals surface area contributed by atoms with E-state index < -0.39 is 0 Å². The van der Waals surface area contributed by atoms with Crippen LogP contribution in [0.3, 0.4) is 0 Å². The van der Waals surface area contributed by atoms with Gasteiger partial charge in [0.2, 0.25) is 11.8 Å². The number of methoxy groups -OCH3 is 1. The van der Waals surface area contributed by atoms with E-state index in [1.807, 2.05) is 12.1 Å². The number of nitrogens with zero attached hydrogens (tertiary/aromatic N) is 2. The van der Waals surface area contributed by atoms with Crippen molar-refractivity contribution in [1.82, 2.24) is 10.1 Å². The third-order valence-electron chi connectivity index (χ3n) is 3.93. The molecule has 0 spiro atoms.